The standard InChI is InChI=1S/C18H18N2O6S2/c1-12-3-5-16(7-13(12)2)20-19-10-14-4-6-18(28(24,25)26)9-15(14)8-17(11-21)27(22)23/h3-11,20H,1-2H3,(H,22,23)(H,24,25,26)/b17-8+,19-10+. The normalized spacial score (nSPS) is 13.5. The molecule has 0 aliphatic carbocycles. The number of aldehydes is 1. The maximum Gasteiger partial charge on any atom is 0.294 e. The van der Waals surface area contributed by atoms with E-state index in [0.29, 0.717) is 5.56 Å². The van der Waals surface area contributed by atoms with Crippen molar-refractivity contribution in [2.45, 2.75) is 18.7 Å². The van der Waals surface area contributed by atoms with Crippen molar-refractivity contribution < 1.29 is 26.5 Å². The van der Waals surface area contributed by atoms with Gasteiger partial charge in [-0.05, 0) is 60.9 Å². The van der Waals surface area contributed by atoms with Gasteiger partial charge < -0.3 is 4.55 Å². The zero-order valence-corrected chi connectivity index (χ0v) is 16.6. The molecular formula is C18H18N2O6S2. The second kappa shape index (κ2) is 9.02. The summed E-state index contributed by atoms with van der Waals surface area (Å²) in [6.07, 6.45) is 2.59. The van der Waals surface area contributed by atoms with Crippen LogP contribution in [0.4, 0.5) is 5.69 Å². The molecule has 0 saturated heterocycles. The van der Waals surface area contributed by atoms with E-state index in [0.717, 1.165) is 35.0 Å². The Balaban J connectivity index is 2.42. The highest BCUT2D eigenvalue weighted by Gasteiger charge is 2.13. The van der Waals surface area contributed by atoms with Gasteiger partial charge in [-0.15, -0.1) is 0 Å². The maximum absolute atomic E-state index is 11.4. The second-order valence-electron chi connectivity index (χ2n) is 5.85. The van der Waals surface area contributed by atoms with E-state index < -0.39 is 31.0 Å². The van der Waals surface area contributed by atoms with Gasteiger partial charge in [0.25, 0.3) is 10.1 Å². The summed E-state index contributed by atoms with van der Waals surface area (Å²) in [5, 5.41) is 4.07. The number of aryl methyl sites for hydroxylation is 2. The molecule has 3 N–H and O–H groups in total. The lowest BCUT2D eigenvalue weighted by Crippen LogP contribution is -2.02. The molecule has 10 heteroatoms. The molecule has 148 valence electrons. The monoisotopic (exact) mass is 422 g/mol. The third-order valence-corrected chi connectivity index (χ3v) is 5.34. The van der Waals surface area contributed by atoms with Crippen LogP contribution >= 0.6 is 0 Å². The van der Waals surface area contributed by atoms with Gasteiger partial charge in [0.15, 0.2) is 17.4 Å². The Morgan fingerprint density at radius 2 is 1.82 bits per heavy atom. The SMILES string of the molecule is Cc1ccc(N/N=C/c2ccc(S(=O)(=O)O)cc2/C=C(\C=O)S(=O)O)cc1C. The minimum Gasteiger partial charge on any atom is -0.302 e. The van der Waals surface area contributed by atoms with E-state index in [1.54, 1.807) is 0 Å². The first-order valence-corrected chi connectivity index (χ1v) is 10.4. The molecule has 0 spiro atoms. The Bertz CT molecular complexity index is 1090. The minimum absolute atomic E-state index is 0.116. The summed E-state index contributed by atoms with van der Waals surface area (Å²) in [6.45, 7) is 3.94. The molecule has 0 bridgehead atoms. The number of benzene rings is 2. The third kappa shape index (κ3) is 5.67. The molecule has 2 aromatic carbocycles. The number of allylic oxidation sites excluding steroid dienone is 1. The van der Waals surface area contributed by atoms with E-state index in [2.05, 4.69) is 10.5 Å². The van der Waals surface area contributed by atoms with Gasteiger partial charge in [0.05, 0.1) is 16.8 Å². The number of hydrogen-bond donors (Lipinski definition) is 3. The van der Waals surface area contributed by atoms with E-state index in [1.165, 1.54) is 12.3 Å². The van der Waals surface area contributed by atoms with Gasteiger partial charge >= 0.3 is 0 Å². The van der Waals surface area contributed by atoms with Crippen LogP contribution in [0.3, 0.4) is 0 Å². The van der Waals surface area contributed by atoms with Gasteiger partial charge in [-0.1, -0.05) is 12.1 Å². The number of nitrogens with zero attached hydrogens (tertiary/aromatic N) is 1. The van der Waals surface area contributed by atoms with Crippen molar-refractivity contribution in [3.63, 3.8) is 0 Å². The summed E-state index contributed by atoms with van der Waals surface area (Å²) in [7, 11) is -4.49. The summed E-state index contributed by atoms with van der Waals surface area (Å²) in [6, 6.07) is 9.23. The van der Waals surface area contributed by atoms with Crippen LogP contribution < -0.4 is 5.43 Å². The topological polar surface area (TPSA) is 133 Å². The van der Waals surface area contributed by atoms with Crippen molar-refractivity contribution in [1.82, 2.24) is 0 Å². The molecule has 0 heterocycles. The van der Waals surface area contributed by atoms with Crippen molar-refractivity contribution in [3.05, 3.63) is 63.6 Å². The minimum atomic E-state index is -4.49. The predicted octanol–water partition coefficient (Wildman–Crippen LogP) is 2.76. The zero-order chi connectivity index (χ0) is 20.9. The second-order valence-corrected chi connectivity index (χ2v) is 8.24. The summed E-state index contributed by atoms with van der Waals surface area (Å²) in [5.74, 6) is 0. The highest BCUT2D eigenvalue weighted by molar-refractivity contribution is 7.85. The molecule has 1 atom stereocenters. The molecule has 0 aliphatic heterocycles. The van der Waals surface area contributed by atoms with Crippen molar-refractivity contribution >= 4 is 45.5 Å². The van der Waals surface area contributed by atoms with Gasteiger partial charge in [-0.2, -0.15) is 13.5 Å². The lowest BCUT2D eigenvalue weighted by molar-refractivity contribution is -0.104. The molecule has 1 unspecified atom stereocenters. The van der Waals surface area contributed by atoms with E-state index in [9.17, 15) is 22.0 Å². The first-order chi connectivity index (χ1) is 13.1. The lowest BCUT2D eigenvalue weighted by atomic mass is 10.1. The number of hydrogen-bond acceptors (Lipinski definition) is 6. The van der Waals surface area contributed by atoms with Crippen LogP contribution in [0.1, 0.15) is 22.3 Å². The van der Waals surface area contributed by atoms with Crippen LogP contribution in [0.2, 0.25) is 0 Å². The Hall–Kier alpha value is -2.66. The van der Waals surface area contributed by atoms with E-state index in [1.807, 2.05) is 32.0 Å². The van der Waals surface area contributed by atoms with Crippen molar-refractivity contribution in [2.24, 2.45) is 5.10 Å². The average Bonchev–Trinajstić information content (AvgIpc) is 2.62. The van der Waals surface area contributed by atoms with Crippen LogP contribution in [0, 0.1) is 13.8 Å². The largest absolute Gasteiger partial charge is 0.302 e. The van der Waals surface area contributed by atoms with Gasteiger partial charge in [0, 0.05) is 5.56 Å². The maximum atomic E-state index is 11.4. The fourth-order valence-electron chi connectivity index (χ4n) is 2.22. The van der Waals surface area contributed by atoms with Gasteiger partial charge in [0.2, 0.25) is 0 Å². The quantitative estimate of drug-likeness (QED) is 0.156. The van der Waals surface area contributed by atoms with Crippen molar-refractivity contribution in [1.29, 1.82) is 0 Å². The van der Waals surface area contributed by atoms with E-state index in [4.69, 9.17) is 4.55 Å². The molecule has 0 aromatic heterocycles. The molecule has 8 nitrogen and oxygen atoms in total. The Kier molecular flexibility index (Phi) is 6.97. The fraction of sp³-hybridized carbons (Fsp3) is 0.111. The van der Waals surface area contributed by atoms with Gasteiger partial charge in [-0.3, -0.25) is 14.8 Å². The number of carbonyl (C=O) groups excluding carboxylic acids is 1. The number of hydrazone groups is 1. The Morgan fingerprint density at radius 3 is 2.39 bits per heavy atom. The summed E-state index contributed by atoms with van der Waals surface area (Å²) in [4.78, 5) is 10.1. The smallest absolute Gasteiger partial charge is 0.294 e. The van der Waals surface area contributed by atoms with E-state index in [-0.39, 0.29) is 11.8 Å². The molecule has 0 saturated carbocycles. The first kappa shape index (κ1) is 21.6. The lowest BCUT2D eigenvalue weighted by Gasteiger charge is -2.06. The number of anilines is 1. The summed E-state index contributed by atoms with van der Waals surface area (Å²) in [5.41, 5.74) is 6.23. The number of rotatable bonds is 7. The molecule has 2 rings (SSSR count). The van der Waals surface area contributed by atoms with Crippen LogP contribution in [0.25, 0.3) is 6.08 Å². The van der Waals surface area contributed by atoms with Crippen LogP contribution in [0.15, 0.2) is 51.3 Å². The highest BCUT2D eigenvalue weighted by Crippen LogP contribution is 2.19. The molecule has 0 radical (unpaired) electrons. The van der Waals surface area contributed by atoms with Gasteiger partial charge in [-0.25, -0.2) is 4.21 Å². The summed E-state index contributed by atoms with van der Waals surface area (Å²) >= 11 is -2.56. The van der Waals surface area contributed by atoms with Crippen molar-refractivity contribution in [2.75, 3.05) is 5.43 Å². The molecular weight excluding hydrogens is 404 g/mol. The molecule has 0 fully saturated rings. The van der Waals surface area contributed by atoms with Gasteiger partial charge in [0.1, 0.15) is 4.91 Å². The van der Waals surface area contributed by atoms with Crippen LogP contribution in [-0.2, 0) is 26.0 Å². The molecule has 2 aromatic rings. The number of carbonyl (C=O) groups is 1. The first-order valence-electron chi connectivity index (χ1n) is 7.87. The summed E-state index contributed by atoms with van der Waals surface area (Å²) < 4.78 is 52.2. The van der Waals surface area contributed by atoms with Crippen LogP contribution in [-0.4, -0.2) is 34.2 Å². The molecule has 28 heavy (non-hydrogen) atoms. The Labute approximate surface area is 165 Å². The fourth-order valence-corrected chi connectivity index (χ4v) is 3.05. The zero-order valence-electron chi connectivity index (χ0n) is 15.0. The third-order valence-electron chi connectivity index (χ3n) is 3.88. The Morgan fingerprint density at radius 1 is 1.11 bits per heavy atom. The average molecular weight is 422 g/mol. The molecule has 0 aliphatic rings. The number of nitrogens with one attached hydrogen (secondary N) is 1. The van der Waals surface area contributed by atoms with E-state index >= 15 is 0 Å². The highest BCUT2D eigenvalue weighted by atomic mass is 32.2. The molecule has 0 amide bonds. The van der Waals surface area contributed by atoms with Crippen LogP contribution in [0.5, 0.6) is 0 Å². The predicted molar refractivity (Wildman–Crippen MR) is 108 cm³/mol. The van der Waals surface area contributed by atoms with Crippen molar-refractivity contribution in [3.8, 4) is 0 Å².